The Kier molecular flexibility index (Phi) is 7.28. The van der Waals surface area contributed by atoms with Crippen LogP contribution in [-0.2, 0) is 6.54 Å². The van der Waals surface area contributed by atoms with E-state index in [0.29, 0.717) is 24.3 Å². The van der Waals surface area contributed by atoms with Gasteiger partial charge in [0.05, 0.1) is 27.8 Å². The summed E-state index contributed by atoms with van der Waals surface area (Å²) in [5, 5.41) is 6.79. The van der Waals surface area contributed by atoms with E-state index in [1.54, 1.807) is 0 Å². The second-order valence-electron chi connectivity index (χ2n) is 11.9. The zero-order valence-corrected chi connectivity index (χ0v) is 26.7. The van der Waals surface area contributed by atoms with Crippen molar-refractivity contribution >= 4 is 45.3 Å². The zero-order valence-electron chi connectivity index (χ0n) is 26.7. The smallest absolute Gasteiger partial charge is 0.232 e. The molecule has 4 heterocycles. The maximum atomic E-state index is 4.87. The van der Waals surface area contributed by atoms with E-state index in [1.807, 2.05) is 134 Å². The third-order valence-electron chi connectivity index (χ3n) is 8.50. The van der Waals surface area contributed by atoms with Crippen molar-refractivity contribution in [2.45, 2.75) is 6.54 Å². The highest BCUT2D eigenvalue weighted by atomic mass is 15.2. The Hall–Kier alpha value is -7.07. The van der Waals surface area contributed by atoms with Crippen molar-refractivity contribution in [3.05, 3.63) is 151 Å². The van der Waals surface area contributed by atoms with Crippen molar-refractivity contribution < 1.29 is 0 Å². The van der Waals surface area contributed by atoms with Crippen molar-refractivity contribution in [2.24, 2.45) is 0 Å². The van der Waals surface area contributed by atoms with Crippen LogP contribution in [-0.4, -0.2) is 39.5 Å². The first-order valence-corrected chi connectivity index (χ1v) is 16.3. The lowest BCUT2D eigenvalue weighted by Gasteiger charge is -2.13. The van der Waals surface area contributed by atoms with Crippen LogP contribution in [0.25, 0.3) is 56.4 Å². The molecule has 0 amide bonds. The van der Waals surface area contributed by atoms with Crippen LogP contribution in [0.4, 0.5) is 23.3 Å². The monoisotopic (exact) mass is 650 g/mol. The molecule has 0 saturated heterocycles. The summed E-state index contributed by atoms with van der Waals surface area (Å²) in [6.45, 7) is 0.687. The lowest BCUT2D eigenvalue weighted by Crippen LogP contribution is -2.08. The lowest BCUT2D eigenvalue weighted by molar-refractivity contribution is 0.806. The average molecular weight is 651 g/mol. The molecule has 240 valence electrons. The Morgan fingerprint density at radius 1 is 0.480 bits per heavy atom. The van der Waals surface area contributed by atoms with Crippen molar-refractivity contribution in [1.82, 2.24) is 39.5 Å². The van der Waals surface area contributed by atoms with Crippen LogP contribution in [0.3, 0.4) is 0 Å². The molecule has 50 heavy (non-hydrogen) atoms. The highest BCUT2D eigenvalue weighted by Gasteiger charge is 2.14. The van der Waals surface area contributed by atoms with Crippen LogP contribution in [0.1, 0.15) is 5.56 Å². The normalized spacial score (nSPS) is 11.3. The molecule has 9 rings (SSSR count). The van der Waals surface area contributed by atoms with E-state index in [4.69, 9.17) is 24.9 Å². The molecule has 0 saturated carbocycles. The SMILES string of the molecule is c1ccc(Cn2cccc2-c2nc(Nc3ccc(-c4nc5ccccc5[nH]4)cc3)nc(Nc3ccc(-c4nc5ccccc5[nH]4)cc3)n2)cc1. The van der Waals surface area contributed by atoms with Crippen molar-refractivity contribution in [1.29, 1.82) is 0 Å². The fraction of sp³-hybridized carbons (Fsp3) is 0.0250. The molecule has 0 atom stereocenters. The molecule has 0 bridgehead atoms. The van der Waals surface area contributed by atoms with Crippen LogP contribution in [0.5, 0.6) is 0 Å². The van der Waals surface area contributed by atoms with Gasteiger partial charge in [0.2, 0.25) is 11.9 Å². The van der Waals surface area contributed by atoms with Gasteiger partial charge in [0.15, 0.2) is 5.82 Å². The number of para-hydroxylation sites is 4. The van der Waals surface area contributed by atoms with Crippen LogP contribution in [0, 0.1) is 0 Å². The van der Waals surface area contributed by atoms with Gasteiger partial charge in [-0.25, -0.2) is 9.97 Å². The molecule has 0 radical (unpaired) electrons. The first kappa shape index (κ1) is 29.1. The summed E-state index contributed by atoms with van der Waals surface area (Å²) in [5.74, 6) is 3.01. The molecule has 0 aliphatic carbocycles. The number of imidazole rings is 2. The van der Waals surface area contributed by atoms with Gasteiger partial charge >= 0.3 is 0 Å². The van der Waals surface area contributed by atoms with E-state index in [-0.39, 0.29) is 0 Å². The van der Waals surface area contributed by atoms with E-state index < -0.39 is 0 Å². The Morgan fingerprint density at radius 2 is 1.00 bits per heavy atom. The summed E-state index contributed by atoms with van der Waals surface area (Å²) in [6.07, 6.45) is 2.04. The number of benzene rings is 5. The number of anilines is 4. The van der Waals surface area contributed by atoms with Gasteiger partial charge in [-0.2, -0.15) is 15.0 Å². The van der Waals surface area contributed by atoms with E-state index in [0.717, 1.165) is 61.9 Å². The van der Waals surface area contributed by atoms with Crippen molar-refractivity contribution in [2.75, 3.05) is 10.6 Å². The number of aromatic amines is 2. The number of rotatable bonds is 9. The fourth-order valence-electron chi connectivity index (χ4n) is 6.00. The second-order valence-corrected chi connectivity index (χ2v) is 11.9. The summed E-state index contributed by atoms with van der Waals surface area (Å²) >= 11 is 0. The molecular formula is C40H30N10. The molecular weight excluding hydrogens is 621 g/mol. The molecule has 0 aliphatic heterocycles. The largest absolute Gasteiger partial charge is 0.341 e. The number of aromatic nitrogens is 8. The van der Waals surface area contributed by atoms with E-state index in [2.05, 4.69) is 37.3 Å². The Balaban J connectivity index is 1.02. The number of hydrogen-bond acceptors (Lipinski definition) is 7. The first-order chi connectivity index (χ1) is 24.7. The number of fused-ring (bicyclic) bond motifs is 2. The third kappa shape index (κ3) is 5.93. The van der Waals surface area contributed by atoms with Gasteiger partial charge in [0.1, 0.15) is 11.6 Å². The zero-order chi connectivity index (χ0) is 33.3. The molecule has 9 aromatic rings. The van der Waals surface area contributed by atoms with Gasteiger partial charge in [0.25, 0.3) is 0 Å². The standard InChI is InChI=1S/C40H30N10/c1-2-9-26(10-3-1)25-50-24-8-15-35(50)38-47-39(41-29-20-16-27(17-21-29)36-43-31-11-4-5-12-32(31)44-36)49-40(48-38)42-30-22-18-28(19-23-30)37-45-33-13-6-7-14-34(33)46-37/h1-24H,25H2,(H,43,44)(H,45,46)(H2,41,42,47,48,49). The molecule has 5 aromatic carbocycles. The maximum absolute atomic E-state index is 4.87. The van der Waals surface area contributed by atoms with Gasteiger partial charge in [0, 0.05) is 35.2 Å². The molecule has 0 unspecified atom stereocenters. The number of nitrogens with one attached hydrogen (secondary N) is 4. The van der Waals surface area contributed by atoms with E-state index >= 15 is 0 Å². The number of nitrogens with zero attached hydrogens (tertiary/aromatic N) is 6. The topological polar surface area (TPSA) is 125 Å². The molecule has 4 N–H and O–H groups in total. The van der Waals surface area contributed by atoms with Crippen LogP contribution in [0.15, 0.2) is 146 Å². The van der Waals surface area contributed by atoms with Gasteiger partial charge in [-0.1, -0.05) is 54.6 Å². The molecule has 10 nitrogen and oxygen atoms in total. The van der Waals surface area contributed by atoms with Crippen LogP contribution in [0.2, 0.25) is 0 Å². The van der Waals surface area contributed by atoms with Gasteiger partial charge < -0.3 is 25.2 Å². The molecule has 10 heteroatoms. The minimum Gasteiger partial charge on any atom is -0.341 e. The predicted molar refractivity (Wildman–Crippen MR) is 198 cm³/mol. The Bertz CT molecular complexity index is 2360. The Labute approximate surface area is 287 Å². The average Bonchev–Trinajstić information content (AvgIpc) is 3.91. The summed E-state index contributed by atoms with van der Waals surface area (Å²) in [6, 6.07) is 46.5. The Morgan fingerprint density at radius 3 is 1.54 bits per heavy atom. The minimum atomic E-state index is 0.417. The van der Waals surface area contributed by atoms with Crippen molar-refractivity contribution in [3.8, 4) is 34.3 Å². The summed E-state index contributed by atoms with van der Waals surface area (Å²) in [4.78, 5) is 30.8. The quantitative estimate of drug-likeness (QED) is 0.123. The highest BCUT2D eigenvalue weighted by Crippen LogP contribution is 2.27. The van der Waals surface area contributed by atoms with Gasteiger partial charge in [-0.05, 0) is 90.5 Å². The summed E-state index contributed by atoms with van der Waals surface area (Å²) in [5.41, 5.74) is 9.57. The van der Waals surface area contributed by atoms with Crippen LogP contribution >= 0.6 is 0 Å². The molecule has 0 fully saturated rings. The van der Waals surface area contributed by atoms with E-state index in [1.165, 1.54) is 5.56 Å². The number of hydrogen-bond donors (Lipinski definition) is 4. The van der Waals surface area contributed by atoms with Crippen molar-refractivity contribution in [3.63, 3.8) is 0 Å². The highest BCUT2D eigenvalue weighted by molar-refractivity contribution is 5.80. The summed E-state index contributed by atoms with van der Waals surface area (Å²) in [7, 11) is 0. The third-order valence-corrected chi connectivity index (χ3v) is 8.50. The first-order valence-electron chi connectivity index (χ1n) is 16.3. The minimum absolute atomic E-state index is 0.417. The van der Waals surface area contributed by atoms with Crippen LogP contribution < -0.4 is 10.6 Å². The maximum Gasteiger partial charge on any atom is 0.232 e. The fourth-order valence-corrected chi connectivity index (χ4v) is 6.00. The van der Waals surface area contributed by atoms with Gasteiger partial charge in [-0.15, -0.1) is 0 Å². The second kappa shape index (κ2) is 12.5. The lowest BCUT2D eigenvalue weighted by atomic mass is 10.2. The summed E-state index contributed by atoms with van der Waals surface area (Å²) < 4.78 is 2.14. The number of H-pyrrole nitrogens is 2. The van der Waals surface area contributed by atoms with Gasteiger partial charge in [-0.3, -0.25) is 0 Å². The predicted octanol–water partition coefficient (Wildman–Crippen LogP) is 8.96. The molecule has 0 spiro atoms. The molecule has 0 aliphatic rings. The molecule has 4 aromatic heterocycles. The van der Waals surface area contributed by atoms with E-state index in [9.17, 15) is 0 Å².